The number of primary amides is 1. The van der Waals surface area contributed by atoms with Gasteiger partial charge >= 0.3 is 12.6 Å². The van der Waals surface area contributed by atoms with Crippen molar-refractivity contribution < 1.29 is 18.3 Å². The topological polar surface area (TPSA) is 76.7 Å². The number of hydrazone groups is 1. The van der Waals surface area contributed by atoms with Crippen molar-refractivity contribution >= 4 is 12.2 Å². The minimum atomic E-state index is -2.88. The molecule has 0 spiro atoms. The number of nitrogens with two attached hydrogens (primary N) is 1. The van der Waals surface area contributed by atoms with E-state index in [9.17, 15) is 13.6 Å². The van der Waals surface area contributed by atoms with Gasteiger partial charge in [-0.15, -0.1) is 0 Å². The highest BCUT2D eigenvalue weighted by molar-refractivity contribution is 5.81. The predicted octanol–water partition coefficient (Wildman–Crippen LogP) is 1.29. The van der Waals surface area contributed by atoms with E-state index in [-0.39, 0.29) is 5.75 Å². The van der Waals surface area contributed by atoms with Gasteiger partial charge in [-0.25, -0.2) is 10.2 Å². The first-order valence-electron chi connectivity index (χ1n) is 4.21. The molecule has 0 aromatic heterocycles. The predicted molar refractivity (Wildman–Crippen MR) is 53.4 cm³/mol. The van der Waals surface area contributed by atoms with E-state index < -0.39 is 12.6 Å². The Bertz CT molecular complexity index is 396. The van der Waals surface area contributed by atoms with E-state index in [0.717, 1.165) is 0 Å². The zero-order valence-electron chi connectivity index (χ0n) is 8.06. The van der Waals surface area contributed by atoms with Crippen molar-refractivity contribution in [2.24, 2.45) is 10.8 Å². The van der Waals surface area contributed by atoms with Gasteiger partial charge < -0.3 is 10.5 Å². The van der Waals surface area contributed by atoms with Crippen molar-refractivity contribution in [1.29, 1.82) is 0 Å². The lowest BCUT2D eigenvalue weighted by Gasteiger charge is -2.04. The summed E-state index contributed by atoms with van der Waals surface area (Å²) in [5, 5.41) is 3.47. The molecule has 0 atom stereocenters. The van der Waals surface area contributed by atoms with Crippen molar-refractivity contribution in [3.8, 4) is 5.75 Å². The Morgan fingerprint density at radius 2 is 2.31 bits per heavy atom. The van der Waals surface area contributed by atoms with Crippen LogP contribution in [0.5, 0.6) is 5.75 Å². The van der Waals surface area contributed by atoms with Crippen LogP contribution in [0, 0.1) is 0 Å². The number of urea groups is 1. The van der Waals surface area contributed by atoms with E-state index in [2.05, 4.69) is 9.84 Å². The number of halogens is 2. The second-order valence-corrected chi connectivity index (χ2v) is 2.69. The van der Waals surface area contributed by atoms with Crippen LogP contribution in [0.4, 0.5) is 13.6 Å². The maximum absolute atomic E-state index is 11.9. The van der Waals surface area contributed by atoms with Gasteiger partial charge in [-0.2, -0.15) is 13.9 Å². The molecule has 7 heteroatoms. The summed E-state index contributed by atoms with van der Waals surface area (Å²) in [5.41, 5.74) is 7.23. The number of amides is 2. The average Bonchev–Trinajstić information content (AvgIpc) is 2.16. The van der Waals surface area contributed by atoms with Crippen molar-refractivity contribution in [2.45, 2.75) is 6.61 Å². The van der Waals surface area contributed by atoms with Crippen LogP contribution in [0.15, 0.2) is 29.4 Å². The number of carbonyl (C=O) groups excluding carboxylic acids is 1. The molecule has 1 aromatic rings. The molecular formula is C9H9F2N3O2. The van der Waals surface area contributed by atoms with Crippen LogP contribution < -0.4 is 15.9 Å². The van der Waals surface area contributed by atoms with Gasteiger partial charge in [0.25, 0.3) is 0 Å². The minimum Gasteiger partial charge on any atom is -0.435 e. The minimum absolute atomic E-state index is 0.0121. The van der Waals surface area contributed by atoms with Gasteiger partial charge in [-0.3, -0.25) is 0 Å². The molecule has 5 nitrogen and oxygen atoms in total. The summed E-state index contributed by atoms with van der Waals surface area (Å²) in [6.07, 6.45) is 1.25. The first-order chi connectivity index (χ1) is 7.58. The molecule has 0 aliphatic heterocycles. The Hall–Kier alpha value is -2.18. The second-order valence-electron chi connectivity index (χ2n) is 2.69. The molecule has 0 heterocycles. The summed E-state index contributed by atoms with van der Waals surface area (Å²) < 4.78 is 27.9. The summed E-state index contributed by atoms with van der Waals surface area (Å²) in [7, 11) is 0. The molecule has 3 N–H and O–H groups in total. The molecule has 0 radical (unpaired) electrons. The van der Waals surface area contributed by atoms with Gasteiger partial charge in [-0.05, 0) is 17.7 Å². The fourth-order valence-corrected chi connectivity index (χ4v) is 0.941. The molecule has 86 valence electrons. The monoisotopic (exact) mass is 229 g/mol. The lowest BCUT2D eigenvalue weighted by Crippen LogP contribution is -2.24. The van der Waals surface area contributed by atoms with Gasteiger partial charge in [0.2, 0.25) is 0 Å². The van der Waals surface area contributed by atoms with Crippen LogP contribution in [-0.4, -0.2) is 18.9 Å². The van der Waals surface area contributed by atoms with Crippen LogP contribution in [0.1, 0.15) is 5.56 Å². The number of nitrogens with zero attached hydrogens (tertiary/aromatic N) is 1. The SMILES string of the molecule is NC(=O)NN=Cc1cccc(OC(F)F)c1. The third-order valence-electron chi connectivity index (χ3n) is 1.47. The van der Waals surface area contributed by atoms with E-state index in [1.807, 2.05) is 5.43 Å². The molecule has 0 fully saturated rings. The van der Waals surface area contributed by atoms with Crippen LogP contribution in [-0.2, 0) is 0 Å². The first-order valence-corrected chi connectivity index (χ1v) is 4.21. The van der Waals surface area contributed by atoms with Crippen LogP contribution in [0.25, 0.3) is 0 Å². The fraction of sp³-hybridized carbons (Fsp3) is 0.111. The molecule has 1 aromatic carbocycles. The van der Waals surface area contributed by atoms with E-state index in [1.165, 1.54) is 24.4 Å². The van der Waals surface area contributed by atoms with Gasteiger partial charge in [0, 0.05) is 0 Å². The van der Waals surface area contributed by atoms with Gasteiger partial charge in [0.05, 0.1) is 6.21 Å². The number of rotatable bonds is 4. The van der Waals surface area contributed by atoms with Crippen LogP contribution in [0.2, 0.25) is 0 Å². The van der Waals surface area contributed by atoms with E-state index in [0.29, 0.717) is 5.56 Å². The standard InChI is InChI=1S/C9H9F2N3O2/c10-8(11)16-7-3-1-2-6(4-7)5-13-14-9(12)15/h1-5,8H,(H3,12,14,15). The van der Waals surface area contributed by atoms with Crippen molar-refractivity contribution in [2.75, 3.05) is 0 Å². The lowest BCUT2D eigenvalue weighted by molar-refractivity contribution is -0.0498. The lowest BCUT2D eigenvalue weighted by atomic mass is 10.2. The number of nitrogens with one attached hydrogen (secondary N) is 1. The van der Waals surface area contributed by atoms with E-state index in [1.54, 1.807) is 6.07 Å². The first kappa shape index (κ1) is 11.9. The number of ether oxygens (including phenoxy) is 1. The molecule has 0 unspecified atom stereocenters. The van der Waals surface area contributed by atoms with Crippen molar-refractivity contribution in [1.82, 2.24) is 5.43 Å². The summed E-state index contributed by atoms with van der Waals surface area (Å²) >= 11 is 0. The third-order valence-corrected chi connectivity index (χ3v) is 1.47. The summed E-state index contributed by atoms with van der Waals surface area (Å²) in [6.45, 7) is -2.88. The van der Waals surface area contributed by atoms with Crippen molar-refractivity contribution in [3.63, 3.8) is 0 Å². The smallest absolute Gasteiger partial charge is 0.387 e. The highest BCUT2D eigenvalue weighted by Gasteiger charge is 2.03. The zero-order valence-corrected chi connectivity index (χ0v) is 8.06. The number of hydrogen-bond acceptors (Lipinski definition) is 3. The van der Waals surface area contributed by atoms with Gasteiger partial charge in [0.15, 0.2) is 0 Å². The quantitative estimate of drug-likeness (QED) is 0.602. The van der Waals surface area contributed by atoms with E-state index >= 15 is 0 Å². The van der Waals surface area contributed by atoms with Crippen molar-refractivity contribution in [3.05, 3.63) is 29.8 Å². The highest BCUT2D eigenvalue weighted by atomic mass is 19.3. The Morgan fingerprint density at radius 1 is 1.56 bits per heavy atom. The summed E-state index contributed by atoms with van der Waals surface area (Å²) in [4.78, 5) is 10.3. The van der Waals surface area contributed by atoms with Crippen LogP contribution in [0.3, 0.4) is 0 Å². The third kappa shape index (κ3) is 4.36. The number of hydrogen-bond donors (Lipinski definition) is 2. The fourth-order valence-electron chi connectivity index (χ4n) is 0.941. The number of carbonyl (C=O) groups is 1. The summed E-state index contributed by atoms with van der Waals surface area (Å²) in [5.74, 6) is 0.0121. The second kappa shape index (κ2) is 5.64. The van der Waals surface area contributed by atoms with E-state index in [4.69, 9.17) is 5.73 Å². The molecule has 2 amide bonds. The Labute approximate surface area is 89.9 Å². The number of alkyl halides is 2. The molecular weight excluding hydrogens is 220 g/mol. The molecule has 0 saturated carbocycles. The molecule has 16 heavy (non-hydrogen) atoms. The zero-order chi connectivity index (χ0) is 12.0. The average molecular weight is 229 g/mol. The normalized spacial score (nSPS) is 10.7. The van der Waals surface area contributed by atoms with Crippen LogP contribution >= 0.6 is 0 Å². The Morgan fingerprint density at radius 3 is 2.94 bits per heavy atom. The Balaban J connectivity index is 2.67. The molecule has 0 aliphatic rings. The number of benzene rings is 1. The maximum atomic E-state index is 11.9. The molecule has 1 rings (SSSR count). The molecule has 0 bridgehead atoms. The van der Waals surface area contributed by atoms with Gasteiger partial charge in [-0.1, -0.05) is 12.1 Å². The molecule has 0 aliphatic carbocycles. The maximum Gasteiger partial charge on any atom is 0.387 e. The van der Waals surface area contributed by atoms with Gasteiger partial charge in [0.1, 0.15) is 5.75 Å². The largest absolute Gasteiger partial charge is 0.435 e. The summed E-state index contributed by atoms with van der Waals surface area (Å²) in [6, 6.07) is 5.04. The Kier molecular flexibility index (Phi) is 4.19. The molecule has 0 saturated heterocycles. The highest BCUT2D eigenvalue weighted by Crippen LogP contribution is 2.14.